The normalized spacial score (nSPS) is 24.2. The summed E-state index contributed by atoms with van der Waals surface area (Å²) in [7, 11) is 0. The van der Waals surface area contributed by atoms with E-state index in [2.05, 4.69) is 12.2 Å². The highest BCUT2D eigenvalue weighted by atomic mass is 19.1. The van der Waals surface area contributed by atoms with E-state index < -0.39 is 0 Å². The van der Waals surface area contributed by atoms with Crippen molar-refractivity contribution < 1.29 is 9.18 Å². The van der Waals surface area contributed by atoms with Crippen LogP contribution in [-0.2, 0) is 11.2 Å². The Balaban J connectivity index is 1.87. The molecule has 17 heavy (non-hydrogen) atoms. The van der Waals surface area contributed by atoms with Crippen molar-refractivity contribution in [2.75, 3.05) is 0 Å². The van der Waals surface area contributed by atoms with E-state index >= 15 is 0 Å². The second-order valence-electron chi connectivity index (χ2n) is 5.02. The molecule has 0 heterocycles. The Kier molecular flexibility index (Phi) is 3.46. The van der Waals surface area contributed by atoms with Gasteiger partial charge in [0.05, 0.1) is 0 Å². The van der Waals surface area contributed by atoms with Gasteiger partial charge >= 0.3 is 0 Å². The molecule has 1 aromatic carbocycles. The molecule has 1 aliphatic rings. The lowest BCUT2D eigenvalue weighted by Gasteiger charge is -2.14. The molecular weight excluding hydrogens is 217 g/mol. The Labute approximate surface area is 101 Å². The Hall–Kier alpha value is -1.38. The van der Waals surface area contributed by atoms with Crippen LogP contribution in [-0.4, -0.2) is 11.9 Å². The maximum Gasteiger partial charge on any atom is 0.223 e. The first-order valence-corrected chi connectivity index (χ1v) is 6.11. The minimum absolute atomic E-state index is 0.0211. The average Bonchev–Trinajstić information content (AvgIpc) is 2.99. The number of benzene rings is 1. The van der Waals surface area contributed by atoms with Crippen LogP contribution in [0.5, 0.6) is 0 Å². The minimum atomic E-state index is -0.201. The number of nitrogens with one attached hydrogen (secondary N) is 1. The van der Waals surface area contributed by atoms with E-state index in [-0.39, 0.29) is 23.7 Å². The molecule has 1 saturated carbocycles. The highest BCUT2D eigenvalue weighted by Crippen LogP contribution is 2.37. The topological polar surface area (TPSA) is 29.1 Å². The SMILES string of the molecule is C[C@H](Cc1ccccc1F)NC(=O)[C@@H]1C[C@H]1C. The number of carbonyl (C=O) groups is 1. The van der Waals surface area contributed by atoms with Gasteiger partial charge in [-0.1, -0.05) is 25.1 Å². The van der Waals surface area contributed by atoms with E-state index in [0.29, 0.717) is 17.9 Å². The Morgan fingerprint density at radius 1 is 1.53 bits per heavy atom. The number of halogens is 1. The number of carbonyl (C=O) groups excluding carboxylic acids is 1. The van der Waals surface area contributed by atoms with Crippen LogP contribution in [0.1, 0.15) is 25.8 Å². The average molecular weight is 235 g/mol. The molecule has 3 atom stereocenters. The van der Waals surface area contributed by atoms with Gasteiger partial charge in [-0.3, -0.25) is 4.79 Å². The maximum atomic E-state index is 13.4. The van der Waals surface area contributed by atoms with E-state index in [4.69, 9.17) is 0 Å². The van der Waals surface area contributed by atoms with Gasteiger partial charge in [-0.2, -0.15) is 0 Å². The summed E-state index contributed by atoms with van der Waals surface area (Å²) in [6.07, 6.45) is 1.53. The molecule has 2 rings (SSSR count). The molecule has 0 aliphatic heterocycles. The molecule has 1 N–H and O–H groups in total. The predicted octanol–water partition coefficient (Wildman–Crippen LogP) is 2.53. The fourth-order valence-corrected chi connectivity index (χ4v) is 2.08. The highest BCUT2D eigenvalue weighted by Gasteiger charge is 2.39. The number of amides is 1. The van der Waals surface area contributed by atoms with Crippen LogP contribution >= 0.6 is 0 Å². The van der Waals surface area contributed by atoms with E-state index in [0.717, 1.165) is 6.42 Å². The smallest absolute Gasteiger partial charge is 0.223 e. The number of hydrogen-bond donors (Lipinski definition) is 1. The second-order valence-corrected chi connectivity index (χ2v) is 5.02. The predicted molar refractivity (Wildman–Crippen MR) is 65.0 cm³/mol. The molecule has 0 spiro atoms. The first kappa shape index (κ1) is 12.1. The second kappa shape index (κ2) is 4.86. The van der Waals surface area contributed by atoms with Crippen LogP contribution in [0, 0.1) is 17.7 Å². The van der Waals surface area contributed by atoms with Crippen molar-refractivity contribution in [1.29, 1.82) is 0 Å². The van der Waals surface area contributed by atoms with Crippen molar-refractivity contribution in [2.24, 2.45) is 11.8 Å². The van der Waals surface area contributed by atoms with Crippen LogP contribution in [0.15, 0.2) is 24.3 Å². The third kappa shape index (κ3) is 3.05. The summed E-state index contributed by atoms with van der Waals surface area (Å²) in [4.78, 5) is 11.7. The van der Waals surface area contributed by atoms with Crippen LogP contribution in [0.25, 0.3) is 0 Å². The van der Waals surface area contributed by atoms with Crippen LogP contribution < -0.4 is 5.32 Å². The monoisotopic (exact) mass is 235 g/mol. The largest absolute Gasteiger partial charge is 0.353 e. The van der Waals surface area contributed by atoms with Crippen molar-refractivity contribution in [3.05, 3.63) is 35.6 Å². The summed E-state index contributed by atoms with van der Waals surface area (Å²) in [6.45, 7) is 3.99. The van der Waals surface area contributed by atoms with Gasteiger partial charge in [-0.25, -0.2) is 4.39 Å². The van der Waals surface area contributed by atoms with E-state index in [9.17, 15) is 9.18 Å². The van der Waals surface area contributed by atoms with Gasteiger partial charge < -0.3 is 5.32 Å². The van der Waals surface area contributed by atoms with Gasteiger partial charge in [0.25, 0.3) is 0 Å². The molecule has 3 heteroatoms. The summed E-state index contributed by atoms with van der Waals surface area (Å²) in [5.41, 5.74) is 0.657. The molecule has 1 aliphatic carbocycles. The van der Waals surface area contributed by atoms with E-state index in [1.165, 1.54) is 6.07 Å². The lowest BCUT2D eigenvalue weighted by atomic mass is 10.1. The zero-order chi connectivity index (χ0) is 12.4. The molecular formula is C14H18FNO. The third-order valence-corrected chi connectivity index (χ3v) is 3.32. The van der Waals surface area contributed by atoms with Crippen LogP contribution in [0.2, 0.25) is 0 Å². The Bertz CT molecular complexity index is 418. The lowest BCUT2D eigenvalue weighted by molar-refractivity contribution is -0.123. The first-order chi connectivity index (χ1) is 8.08. The standard InChI is InChI=1S/C14H18FNO/c1-9-7-12(9)14(17)16-10(2)8-11-5-3-4-6-13(11)15/h3-6,9-10,12H,7-8H2,1-2H3,(H,16,17)/t9-,10-,12-/m1/s1. The van der Waals surface area contributed by atoms with Gasteiger partial charge in [0.2, 0.25) is 5.91 Å². The van der Waals surface area contributed by atoms with Crippen molar-refractivity contribution in [2.45, 2.75) is 32.7 Å². The van der Waals surface area contributed by atoms with Crippen molar-refractivity contribution in [1.82, 2.24) is 5.32 Å². The van der Waals surface area contributed by atoms with E-state index in [1.54, 1.807) is 12.1 Å². The van der Waals surface area contributed by atoms with Gasteiger partial charge in [0.15, 0.2) is 0 Å². The zero-order valence-corrected chi connectivity index (χ0v) is 10.2. The fraction of sp³-hybridized carbons (Fsp3) is 0.500. The zero-order valence-electron chi connectivity index (χ0n) is 10.2. The summed E-state index contributed by atoms with van der Waals surface area (Å²) >= 11 is 0. The summed E-state index contributed by atoms with van der Waals surface area (Å²) < 4.78 is 13.4. The highest BCUT2D eigenvalue weighted by molar-refractivity contribution is 5.81. The van der Waals surface area contributed by atoms with Crippen molar-refractivity contribution in [3.8, 4) is 0 Å². The quantitative estimate of drug-likeness (QED) is 0.853. The number of hydrogen-bond acceptors (Lipinski definition) is 1. The summed E-state index contributed by atoms with van der Waals surface area (Å²) in [6, 6.07) is 6.68. The summed E-state index contributed by atoms with van der Waals surface area (Å²) in [5.74, 6) is 0.600. The number of rotatable bonds is 4. The Morgan fingerprint density at radius 2 is 2.18 bits per heavy atom. The first-order valence-electron chi connectivity index (χ1n) is 6.11. The molecule has 0 unspecified atom stereocenters. The molecule has 92 valence electrons. The van der Waals surface area contributed by atoms with Gasteiger partial charge in [0, 0.05) is 12.0 Å². The third-order valence-electron chi connectivity index (χ3n) is 3.32. The Morgan fingerprint density at radius 3 is 2.76 bits per heavy atom. The van der Waals surface area contributed by atoms with Crippen molar-refractivity contribution in [3.63, 3.8) is 0 Å². The van der Waals surface area contributed by atoms with Crippen LogP contribution in [0.4, 0.5) is 4.39 Å². The summed E-state index contributed by atoms with van der Waals surface area (Å²) in [5, 5.41) is 2.94. The van der Waals surface area contributed by atoms with Crippen molar-refractivity contribution >= 4 is 5.91 Å². The molecule has 1 aromatic rings. The maximum absolute atomic E-state index is 13.4. The molecule has 1 fully saturated rings. The fourth-order valence-electron chi connectivity index (χ4n) is 2.08. The molecule has 0 aromatic heterocycles. The van der Waals surface area contributed by atoms with Gasteiger partial charge in [-0.15, -0.1) is 0 Å². The molecule has 1 amide bonds. The van der Waals surface area contributed by atoms with Gasteiger partial charge in [-0.05, 0) is 37.3 Å². The van der Waals surface area contributed by atoms with Crippen LogP contribution in [0.3, 0.4) is 0 Å². The lowest BCUT2D eigenvalue weighted by Crippen LogP contribution is -2.35. The minimum Gasteiger partial charge on any atom is -0.353 e. The van der Waals surface area contributed by atoms with E-state index in [1.807, 2.05) is 13.0 Å². The molecule has 0 saturated heterocycles. The molecule has 2 nitrogen and oxygen atoms in total. The molecule has 0 bridgehead atoms. The molecule has 0 radical (unpaired) electrons. The van der Waals surface area contributed by atoms with Gasteiger partial charge in [0.1, 0.15) is 5.82 Å².